The number of amides is 2. The molecule has 0 fully saturated rings. The number of fused-ring (bicyclic) bond motifs is 2. The fourth-order valence-electron chi connectivity index (χ4n) is 3.67. The van der Waals surface area contributed by atoms with Crippen molar-refractivity contribution in [3.63, 3.8) is 0 Å². The van der Waals surface area contributed by atoms with E-state index in [1.54, 1.807) is 0 Å². The van der Waals surface area contributed by atoms with Gasteiger partial charge >= 0.3 is 0 Å². The van der Waals surface area contributed by atoms with E-state index in [0.717, 1.165) is 39.2 Å². The van der Waals surface area contributed by atoms with Gasteiger partial charge in [-0.25, -0.2) is 8.78 Å². The van der Waals surface area contributed by atoms with Crippen LogP contribution in [-0.2, 0) is 11.2 Å². The summed E-state index contributed by atoms with van der Waals surface area (Å²) in [4.78, 5) is 24.7. The van der Waals surface area contributed by atoms with E-state index >= 15 is 0 Å². The predicted octanol–water partition coefficient (Wildman–Crippen LogP) is 4.10. The van der Waals surface area contributed by atoms with Crippen molar-refractivity contribution >= 4 is 33.4 Å². The van der Waals surface area contributed by atoms with Gasteiger partial charge in [0.2, 0.25) is 5.91 Å². The standard InChI is InChI=1S/C24H18F2N2O2/c25-20-11-5-10-18(22(20)26)24(30)28-21(23(27)29)13-19-16-8-3-1-6-14(16)12-15-7-2-4-9-17(15)19/h1-12,21H,13H2,(H2,27,29)(H,28,30)/t21-/m0/s1. The van der Waals surface area contributed by atoms with Crippen molar-refractivity contribution in [2.24, 2.45) is 5.73 Å². The zero-order valence-electron chi connectivity index (χ0n) is 15.9. The Morgan fingerprint density at radius 2 is 1.47 bits per heavy atom. The zero-order valence-corrected chi connectivity index (χ0v) is 15.9. The lowest BCUT2D eigenvalue weighted by Crippen LogP contribution is -2.46. The van der Waals surface area contributed by atoms with Gasteiger partial charge in [0.05, 0.1) is 5.56 Å². The molecule has 0 saturated carbocycles. The Bertz CT molecular complexity index is 1230. The van der Waals surface area contributed by atoms with Crippen molar-refractivity contribution in [3.05, 3.63) is 95.6 Å². The molecule has 1 atom stereocenters. The van der Waals surface area contributed by atoms with Crippen molar-refractivity contribution in [2.75, 3.05) is 0 Å². The topological polar surface area (TPSA) is 72.2 Å². The highest BCUT2D eigenvalue weighted by atomic mass is 19.2. The number of rotatable bonds is 5. The highest BCUT2D eigenvalue weighted by molar-refractivity contribution is 6.03. The summed E-state index contributed by atoms with van der Waals surface area (Å²) in [6.07, 6.45) is 0.111. The number of carbonyl (C=O) groups is 2. The average molecular weight is 404 g/mol. The Morgan fingerprint density at radius 1 is 0.867 bits per heavy atom. The molecule has 0 aliphatic heterocycles. The van der Waals surface area contributed by atoms with E-state index in [2.05, 4.69) is 5.32 Å². The van der Waals surface area contributed by atoms with Crippen LogP contribution in [0.1, 0.15) is 15.9 Å². The quantitative estimate of drug-likeness (QED) is 0.492. The number of primary amides is 1. The maximum Gasteiger partial charge on any atom is 0.255 e. The van der Waals surface area contributed by atoms with Crippen molar-refractivity contribution in [2.45, 2.75) is 12.5 Å². The third-order valence-electron chi connectivity index (χ3n) is 5.14. The molecule has 4 aromatic rings. The van der Waals surface area contributed by atoms with Crippen LogP contribution in [0.15, 0.2) is 72.8 Å². The number of carbonyl (C=O) groups excluding carboxylic acids is 2. The van der Waals surface area contributed by atoms with Gasteiger partial charge in [-0.1, -0.05) is 54.6 Å². The van der Waals surface area contributed by atoms with E-state index in [4.69, 9.17) is 5.73 Å². The maximum atomic E-state index is 14.0. The minimum absolute atomic E-state index is 0.111. The van der Waals surface area contributed by atoms with Gasteiger partial charge in [0.25, 0.3) is 5.91 Å². The molecule has 3 N–H and O–H groups in total. The molecule has 0 aliphatic carbocycles. The minimum atomic E-state index is -1.27. The first kappa shape index (κ1) is 19.5. The van der Waals surface area contributed by atoms with Crippen LogP contribution in [0, 0.1) is 11.6 Å². The van der Waals surface area contributed by atoms with Crippen LogP contribution in [0.4, 0.5) is 8.78 Å². The van der Waals surface area contributed by atoms with E-state index in [1.807, 2.05) is 54.6 Å². The predicted molar refractivity (Wildman–Crippen MR) is 112 cm³/mol. The van der Waals surface area contributed by atoms with E-state index in [9.17, 15) is 18.4 Å². The van der Waals surface area contributed by atoms with Crippen LogP contribution in [-0.4, -0.2) is 17.9 Å². The number of benzene rings is 4. The molecule has 0 aromatic heterocycles. The molecule has 30 heavy (non-hydrogen) atoms. The number of halogens is 2. The highest BCUT2D eigenvalue weighted by Crippen LogP contribution is 2.29. The third-order valence-corrected chi connectivity index (χ3v) is 5.14. The Morgan fingerprint density at radius 3 is 2.07 bits per heavy atom. The first-order chi connectivity index (χ1) is 14.5. The van der Waals surface area contributed by atoms with Gasteiger partial charge in [0, 0.05) is 6.42 Å². The number of nitrogens with two attached hydrogens (primary N) is 1. The number of nitrogens with one attached hydrogen (secondary N) is 1. The summed E-state index contributed by atoms with van der Waals surface area (Å²) in [5.74, 6) is -4.08. The fraction of sp³-hybridized carbons (Fsp3) is 0.0833. The van der Waals surface area contributed by atoms with Gasteiger partial charge in [-0.3, -0.25) is 9.59 Å². The second kappa shape index (κ2) is 7.91. The molecular formula is C24H18F2N2O2. The Kier molecular flexibility index (Phi) is 5.14. The molecule has 150 valence electrons. The third kappa shape index (κ3) is 3.59. The molecule has 0 aliphatic rings. The van der Waals surface area contributed by atoms with Crippen molar-refractivity contribution < 1.29 is 18.4 Å². The summed E-state index contributed by atoms with van der Waals surface area (Å²) in [5.41, 5.74) is 5.90. The smallest absolute Gasteiger partial charge is 0.255 e. The Hall–Kier alpha value is -3.80. The number of hydrogen-bond acceptors (Lipinski definition) is 2. The molecule has 0 bridgehead atoms. The lowest BCUT2D eigenvalue weighted by Gasteiger charge is -2.19. The second-order valence-electron chi connectivity index (χ2n) is 7.03. The molecule has 4 aromatic carbocycles. The average Bonchev–Trinajstić information content (AvgIpc) is 2.74. The molecule has 0 spiro atoms. The van der Waals surface area contributed by atoms with Crippen LogP contribution in [0.5, 0.6) is 0 Å². The molecular weight excluding hydrogens is 386 g/mol. The molecule has 2 amide bonds. The van der Waals surface area contributed by atoms with Gasteiger partial charge in [-0.05, 0) is 45.3 Å². The SMILES string of the molecule is NC(=O)[C@H](Cc1c2ccccc2cc2ccccc12)NC(=O)c1cccc(F)c1F. The van der Waals surface area contributed by atoms with Gasteiger partial charge in [0.1, 0.15) is 6.04 Å². The molecule has 0 unspecified atom stereocenters. The Labute approximate surface area is 171 Å². The van der Waals surface area contributed by atoms with Gasteiger partial charge in [-0.15, -0.1) is 0 Å². The lowest BCUT2D eigenvalue weighted by molar-refractivity contribution is -0.119. The minimum Gasteiger partial charge on any atom is -0.368 e. The molecule has 4 nitrogen and oxygen atoms in total. The van der Waals surface area contributed by atoms with Crippen LogP contribution >= 0.6 is 0 Å². The summed E-state index contributed by atoms with van der Waals surface area (Å²) >= 11 is 0. The van der Waals surface area contributed by atoms with Crippen molar-refractivity contribution in [3.8, 4) is 0 Å². The van der Waals surface area contributed by atoms with E-state index in [-0.39, 0.29) is 6.42 Å². The molecule has 6 heteroatoms. The second-order valence-corrected chi connectivity index (χ2v) is 7.03. The Balaban J connectivity index is 1.75. The van der Waals surface area contributed by atoms with Gasteiger partial charge in [0.15, 0.2) is 11.6 Å². The fourth-order valence-corrected chi connectivity index (χ4v) is 3.67. The van der Waals surface area contributed by atoms with Crippen LogP contribution in [0.2, 0.25) is 0 Å². The van der Waals surface area contributed by atoms with Crippen molar-refractivity contribution in [1.82, 2.24) is 5.32 Å². The summed E-state index contributed by atoms with van der Waals surface area (Å²) in [5, 5.41) is 6.27. The summed E-state index contributed by atoms with van der Waals surface area (Å²) in [7, 11) is 0. The molecule has 0 saturated heterocycles. The zero-order chi connectivity index (χ0) is 21.3. The summed E-state index contributed by atoms with van der Waals surface area (Å²) < 4.78 is 27.5. The van der Waals surface area contributed by atoms with Crippen LogP contribution in [0.25, 0.3) is 21.5 Å². The van der Waals surface area contributed by atoms with E-state index in [1.165, 1.54) is 6.07 Å². The van der Waals surface area contributed by atoms with E-state index in [0.29, 0.717) is 0 Å². The molecule has 4 rings (SSSR count). The maximum absolute atomic E-state index is 14.0. The number of hydrogen-bond donors (Lipinski definition) is 2. The van der Waals surface area contributed by atoms with E-state index < -0.39 is 35.1 Å². The van der Waals surface area contributed by atoms with Gasteiger partial charge in [-0.2, -0.15) is 0 Å². The van der Waals surface area contributed by atoms with Crippen LogP contribution < -0.4 is 11.1 Å². The first-order valence-corrected chi connectivity index (χ1v) is 9.39. The molecule has 0 heterocycles. The van der Waals surface area contributed by atoms with Gasteiger partial charge < -0.3 is 11.1 Å². The van der Waals surface area contributed by atoms with Crippen molar-refractivity contribution in [1.29, 1.82) is 0 Å². The largest absolute Gasteiger partial charge is 0.368 e. The normalized spacial score (nSPS) is 12.1. The van der Waals surface area contributed by atoms with Crippen LogP contribution in [0.3, 0.4) is 0 Å². The monoisotopic (exact) mass is 404 g/mol. The lowest BCUT2D eigenvalue weighted by atomic mass is 9.92. The summed E-state index contributed by atoms with van der Waals surface area (Å²) in [6, 6.07) is 19.7. The summed E-state index contributed by atoms with van der Waals surface area (Å²) in [6.45, 7) is 0. The molecule has 0 radical (unpaired) electrons. The highest BCUT2D eigenvalue weighted by Gasteiger charge is 2.24. The first-order valence-electron chi connectivity index (χ1n) is 9.39.